The van der Waals surface area contributed by atoms with Crippen LogP contribution < -0.4 is 10.2 Å². The van der Waals surface area contributed by atoms with E-state index < -0.39 is 0 Å². The molecule has 0 radical (unpaired) electrons. The van der Waals surface area contributed by atoms with E-state index in [4.69, 9.17) is 4.74 Å². The Labute approximate surface area is 140 Å². The molecular weight excluding hydrogens is 302 g/mol. The Kier molecular flexibility index (Phi) is 4.76. The minimum Gasteiger partial charge on any atom is -0.496 e. The maximum atomic E-state index is 5.24. The van der Waals surface area contributed by atoms with E-state index in [2.05, 4.69) is 25.7 Å². The third-order valence-corrected chi connectivity index (χ3v) is 3.43. The molecule has 3 rings (SSSR count). The lowest BCUT2D eigenvalue weighted by molar-refractivity contribution is 0.411. The van der Waals surface area contributed by atoms with Gasteiger partial charge in [0.1, 0.15) is 5.75 Å². The normalized spacial score (nSPS) is 10.8. The van der Waals surface area contributed by atoms with Crippen molar-refractivity contribution in [3.05, 3.63) is 65.9 Å². The number of ether oxygens (including phenoxy) is 1. The first-order chi connectivity index (χ1) is 11.8. The second kappa shape index (κ2) is 7.32. The van der Waals surface area contributed by atoms with Crippen molar-refractivity contribution in [1.82, 2.24) is 15.2 Å². The van der Waals surface area contributed by atoms with Gasteiger partial charge in [0.2, 0.25) is 0 Å². The number of hydrogen-bond acceptors (Lipinski definition) is 6. The summed E-state index contributed by atoms with van der Waals surface area (Å²) in [4.78, 5) is 4.40. The molecule has 0 atom stereocenters. The van der Waals surface area contributed by atoms with Gasteiger partial charge in [0.05, 0.1) is 25.2 Å². The van der Waals surface area contributed by atoms with E-state index in [9.17, 15) is 0 Å². The minimum atomic E-state index is 0.345. The van der Waals surface area contributed by atoms with E-state index in [0.717, 1.165) is 28.1 Å². The average molecular weight is 319 g/mol. The third kappa shape index (κ3) is 3.73. The molecule has 6 heteroatoms. The first-order valence-corrected chi connectivity index (χ1v) is 7.45. The molecule has 1 aromatic heterocycles. The number of benzene rings is 2. The fourth-order valence-corrected chi connectivity index (χ4v) is 2.25. The molecule has 3 aromatic rings. The van der Waals surface area contributed by atoms with Crippen LogP contribution in [-0.2, 0) is 0 Å². The molecule has 24 heavy (non-hydrogen) atoms. The number of aromatic nitrogens is 3. The van der Waals surface area contributed by atoms with Gasteiger partial charge in [-0.25, -0.2) is 10.4 Å². The summed E-state index contributed by atoms with van der Waals surface area (Å²) in [5.41, 5.74) is 6.52. The Morgan fingerprint density at radius 2 is 1.96 bits per heavy atom. The van der Waals surface area contributed by atoms with Crippen molar-refractivity contribution in [2.75, 3.05) is 12.5 Å². The van der Waals surface area contributed by atoms with Crippen LogP contribution in [0.5, 0.6) is 5.75 Å². The number of nitrogens with zero attached hydrogens (tertiary/aromatic N) is 4. The Hall–Kier alpha value is -3.28. The molecule has 1 heterocycles. The molecule has 0 unspecified atom stereocenters. The predicted octanol–water partition coefficient (Wildman–Crippen LogP) is 3.30. The highest BCUT2D eigenvalue weighted by atomic mass is 16.5. The highest BCUT2D eigenvalue weighted by Gasteiger charge is 2.02. The zero-order valence-electron chi connectivity index (χ0n) is 13.5. The van der Waals surface area contributed by atoms with Crippen LogP contribution in [0.3, 0.4) is 0 Å². The van der Waals surface area contributed by atoms with Gasteiger partial charge < -0.3 is 4.74 Å². The number of hydrogen-bond donors (Lipinski definition) is 1. The third-order valence-electron chi connectivity index (χ3n) is 3.43. The van der Waals surface area contributed by atoms with Gasteiger partial charge in [0.15, 0.2) is 0 Å². The van der Waals surface area contributed by atoms with Crippen molar-refractivity contribution in [2.24, 2.45) is 5.10 Å². The fraction of sp³-hybridized carbons (Fsp3) is 0.111. The second-order valence-electron chi connectivity index (χ2n) is 5.13. The standard InChI is InChI=1S/C18H17N5O/c1-13-10-14(8-9-17(13)24-2)11-19-22-18-21-16(12-20-23-18)15-6-4-3-5-7-15/h3-12H,1-2H3,(H,21,22,23). The monoisotopic (exact) mass is 319 g/mol. The van der Waals surface area contributed by atoms with E-state index >= 15 is 0 Å². The predicted molar refractivity (Wildman–Crippen MR) is 94.2 cm³/mol. The molecule has 0 bridgehead atoms. The van der Waals surface area contributed by atoms with Crippen molar-refractivity contribution in [1.29, 1.82) is 0 Å². The zero-order chi connectivity index (χ0) is 16.8. The van der Waals surface area contributed by atoms with E-state index in [1.54, 1.807) is 19.5 Å². The van der Waals surface area contributed by atoms with E-state index in [0.29, 0.717) is 5.95 Å². The molecule has 2 aromatic carbocycles. The Morgan fingerprint density at radius 1 is 1.12 bits per heavy atom. The van der Waals surface area contributed by atoms with Crippen LogP contribution in [0.15, 0.2) is 59.8 Å². The van der Waals surface area contributed by atoms with Crippen LogP contribution in [-0.4, -0.2) is 28.5 Å². The summed E-state index contributed by atoms with van der Waals surface area (Å²) in [6.07, 6.45) is 3.32. The molecule has 0 aliphatic rings. The van der Waals surface area contributed by atoms with E-state index in [1.807, 2.05) is 55.5 Å². The molecule has 0 spiro atoms. The van der Waals surface area contributed by atoms with Crippen LogP contribution in [0.4, 0.5) is 5.95 Å². The Balaban J connectivity index is 1.72. The number of rotatable bonds is 5. The lowest BCUT2D eigenvalue weighted by atomic mass is 10.1. The number of anilines is 1. The quantitative estimate of drug-likeness (QED) is 0.577. The van der Waals surface area contributed by atoms with Gasteiger partial charge in [-0.2, -0.15) is 10.2 Å². The highest BCUT2D eigenvalue weighted by Crippen LogP contribution is 2.18. The summed E-state index contributed by atoms with van der Waals surface area (Å²) >= 11 is 0. The van der Waals surface area contributed by atoms with Gasteiger partial charge in [-0.05, 0) is 36.2 Å². The van der Waals surface area contributed by atoms with Gasteiger partial charge >= 0.3 is 0 Å². The number of methoxy groups -OCH3 is 1. The van der Waals surface area contributed by atoms with Gasteiger partial charge in [0, 0.05) is 5.56 Å². The van der Waals surface area contributed by atoms with Crippen LogP contribution in [0, 0.1) is 6.92 Å². The van der Waals surface area contributed by atoms with Crippen LogP contribution in [0.25, 0.3) is 11.3 Å². The van der Waals surface area contributed by atoms with Gasteiger partial charge in [-0.3, -0.25) is 0 Å². The lowest BCUT2D eigenvalue weighted by Crippen LogP contribution is -2.00. The summed E-state index contributed by atoms with van der Waals surface area (Å²) in [6, 6.07) is 15.6. The highest BCUT2D eigenvalue weighted by molar-refractivity contribution is 5.80. The number of nitrogens with one attached hydrogen (secondary N) is 1. The van der Waals surface area contributed by atoms with E-state index in [1.165, 1.54) is 0 Å². The van der Waals surface area contributed by atoms with Crippen molar-refractivity contribution in [2.45, 2.75) is 6.92 Å². The summed E-state index contributed by atoms with van der Waals surface area (Å²) < 4.78 is 5.24. The van der Waals surface area contributed by atoms with Gasteiger partial charge in [-0.15, -0.1) is 5.10 Å². The summed E-state index contributed by atoms with van der Waals surface area (Å²) in [5.74, 6) is 1.20. The zero-order valence-corrected chi connectivity index (χ0v) is 13.5. The molecule has 0 aliphatic carbocycles. The maximum absolute atomic E-state index is 5.24. The molecular formula is C18H17N5O. The van der Waals surface area contributed by atoms with Crippen molar-refractivity contribution >= 4 is 12.2 Å². The number of aryl methyl sites for hydroxylation is 1. The maximum Gasteiger partial charge on any atom is 0.263 e. The Bertz CT molecular complexity index is 849. The first kappa shape index (κ1) is 15.6. The molecule has 0 aliphatic heterocycles. The fourth-order valence-electron chi connectivity index (χ4n) is 2.25. The molecule has 1 N–H and O–H groups in total. The topological polar surface area (TPSA) is 72.3 Å². The van der Waals surface area contributed by atoms with Gasteiger partial charge in [0.25, 0.3) is 5.95 Å². The molecule has 0 saturated heterocycles. The van der Waals surface area contributed by atoms with Crippen LogP contribution in [0.1, 0.15) is 11.1 Å². The van der Waals surface area contributed by atoms with E-state index in [-0.39, 0.29) is 0 Å². The molecule has 0 fully saturated rings. The summed E-state index contributed by atoms with van der Waals surface area (Å²) in [5, 5.41) is 12.1. The van der Waals surface area contributed by atoms with Crippen molar-refractivity contribution in [3.8, 4) is 17.0 Å². The largest absolute Gasteiger partial charge is 0.496 e. The SMILES string of the molecule is COc1ccc(C=NNc2nncc(-c3ccccc3)n2)cc1C. The molecule has 0 saturated carbocycles. The smallest absolute Gasteiger partial charge is 0.263 e. The minimum absolute atomic E-state index is 0.345. The lowest BCUT2D eigenvalue weighted by Gasteiger charge is -2.04. The number of hydrazone groups is 1. The molecule has 120 valence electrons. The van der Waals surface area contributed by atoms with Crippen molar-refractivity contribution in [3.63, 3.8) is 0 Å². The van der Waals surface area contributed by atoms with Crippen LogP contribution in [0.2, 0.25) is 0 Å². The van der Waals surface area contributed by atoms with Crippen molar-refractivity contribution < 1.29 is 4.74 Å². The molecule has 0 amide bonds. The van der Waals surface area contributed by atoms with Crippen LogP contribution >= 0.6 is 0 Å². The summed E-state index contributed by atoms with van der Waals surface area (Å²) in [6.45, 7) is 1.99. The summed E-state index contributed by atoms with van der Waals surface area (Å²) in [7, 11) is 1.65. The average Bonchev–Trinajstić information content (AvgIpc) is 2.63. The molecule has 6 nitrogen and oxygen atoms in total. The second-order valence-corrected chi connectivity index (χ2v) is 5.13. The Morgan fingerprint density at radius 3 is 2.71 bits per heavy atom. The first-order valence-electron chi connectivity index (χ1n) is 7.45. The van der Waals surface area contributed by atoms with Gasteiger partial charge in [-0.1, -0.05) is 30.3 Å².